The molecule has 7 rings (SSSR count). The number of nitrogens with zero attached hydrogens (tertiary/aromatic N) is 3. The number of amides is 2. The predicted octanol–water partition coefficient (Wildman–Crippen LogP) is 3.70. The van der Waals surface area contributed by atoms with Crippen LogP contribution in [0.4, 0.5) is 0 Å². The highest BCUT2D eigenvalue weighted by Gasteiger charge is 2.57. The van der Waals surface area contributed by atoms with Crippen LogP contribution in [-0.4, -0.2) is 84.4 Å². The van der Waals surface area contributed by atoms with Crippen LogP contribution in [0.5, 0.6) is 28.7 Å². The van der Waals surface area contributed by atoms with Crippen LogP contribution in [0.15, 0.2) is 36.4 Å². The maximum atomic E-state index is 13.7. The number of aryl methyl sites for hydroxylation is 2. The van der Waals surface area contributed by atoms with Gasteiger partial charge in [0.05, 0.1) is 25.3 Å². The molecule has 3 aromatic rings. The molecule has 2 bridgehead atoms. The molecular formula is C40H45N5O8. The van der Waals surface area contributed by atoms with Gasteiger partial charge in [-0.05, 0) is 63.8 Å². The van der Waals surface area contributed by atoms with Crippen molar-refractivity contribution in [1.29, 1.82) is 5.26 Å². The quantitative estimate of drug-likeness (QED) is 0.218. The average Bonchev–Trinajstić information content (AvgIpc) is 3.62. The van der Waals surface area contributed by atoms with Gasteiger partial charge in [0.15, 0.2) is 23.0 Å². The molecule has 0 saturated carbocycles. The first-order valence-electron chi connectivity index (χ1n) is 18.0. The minimum absolute atomic E-state index is 0.0440. The van der Waals surface area contributed by atoms with Crippen LogP contribution in [0.1, 0.15) is 71.3 Å². The second-order valence-electron chi connectivity index (χ2n) is 14.4. The number of carbonyl (C=O) groups excluding carboxylic acids is 3. The number of benzene rings is 3. The van der Waals surface area contributed by atoms with Crippen molar-refractivity contribution < 1.29 is 38.4 Å². The van der Waals surface area contributed by atoms with Gasteiger partial charge >= 0.3 is 5.97 Å². The molecule has 3 aromatic carbocycles. The molecule has 6 atom stereocenters. The zero-order valence-corrected chi connectivity index (χ0v) is 30.8. The van der Waals surface area contributed by atoms with E-state index in [9.17, 15) is 24.8 Å². The van der Waals surface area contributed by atoms with Gasteiger partial charge in [-0.3, -0.25) is 24.2 Å². The smallest absolute Gasteiger partial charge is 0.308 e. The summed E-state index contributed by atoms with van der Waals surface area (Å²) >= 11 is 0. The van der Waals surface area contributed by atoms with Crippen molar-refractivity contribution in [1.82, 2.24) is 20.4 Å². The van der Waals surface area contributed by atoms with E-state index in [0.29, 0.717) is 59.0 Å². The molecule has 2 amide bonds. The van der Waals surface area contributed by atoms with Crippen LogP contribution in [-0.2, 0) is 33.6 Å². The van der Waals surface area contributed by atoms with Crippen molar-refractivity contribution in [2.75, 3.05) is 27.5 Å². The Hall–Kier alpha value is -5.32. The van der Waals surface area contributed by atoms with Crippen molar-refractivity contribution in [3.05, 3.63) is 75.3 Å². The number of nitriles is 1. The molecule has 1 saturated heterocycles. The van der Waals surface area contributed by atoms with E-state index in [-0.39, 0.29) is 37.5 Å². The number of hydrogen-bond donors (Lipinski definition) is 3. The predicted molar refractivity (Wildman–Crippen MR) is 193 cm³/mol. The monoisotopic (exact) mass is 723 g/mol. The van der Waals surface area contributed by atoms with Gasteiger partial charge in [-0.25, -0.2) is 0 Å². The molecule has 53 heavy (non-hydrogen) atoms. The summed E-state index contributed by atoms with van der Waals surface area (Å²) in [5.41, 5.74) is 5.49. The Morgan fingerprint density at radius 1 is 1.08 bits per heavy atom. The van der Waals surface area contributed by atoms with Crippen LogP contribution in [0.2, 0.25) is 0 Å². The lowest BCUT2D eigenvalue weighted by atomic mass is 9.71. The summed E-state index contributed by atoms with van der Waals surface area (Å²) in [6.07, 6.45) is 1.62. The number of hydrogen-bond acceptors (Lipinski definition) is 11. The van der Waals surface area contributed by atoms with E-state index in [4.69, 9.17) is 18.9 Å². The van der Waals surface area contributed by atoms with E-state index in [1.807, 2.05) is 57.3 Å². The molecule has 4 aliphatic rings. The summed E-state index contributed by atoms with van der Waals surface area (Å²) in [6.45, 7) is 6.68. The second-order valence-corrected chi connectivity index (χ2v) is 14.4. The molecule has 0 aliphatic carbocycles. The fraction of sp³-hybridized carbons (Fsp3) is 0.450. The van der Waals surface area contributed by atoms with Crippen LogP contribution >= 0.6 is 0 Å². The van der Waals surface area contributed by atoms with E-state index >= 15 is 0 Å². The summed E-state index contributed by atoms with van der Waals surface area (Å²) in [5, 5.41) is 28.5. The standard InChI is InChI=1S/C40H45N5O8/c1-20-14-25-15-27-29(17-41)45-28(34(44(27)5)32(25)35(48)36(20)50-6)16-26-33(39-38(51-19-52-39)21(2)37(26)53-23(4)46)30(45)18-42-40(49)22(3)43-31(47)13-12-24-10-8-7-9-11-24/h7-11,14,22,27-30,34,48H,12-13,15-16,18-19H2,1-6H3,(H,42,49)(H,43,47)/t22?,27-,28?,29-,30-,34-/m0/s1. The average molecular weight is 724 g/mol. The van der Waals surface area contributed by atoms with Gasteiger partial charge in [-0.1, -0.05) is 36.4 Å². The summed E-state index contributed by atoms with van der Waals surface area (Å²) in [6, 6.07) is 11.1. The van der Waals surface area contributed by atoms with Crippen LogP contribution in [0.25, 0.3) is 0 Å². The lowest BCUT2D eigenvalue weighted by Gasteiger charge is -2.60. The molecule has 3 N–H and O–H groups in total. The fourth-order valence-electron chi connectivity index (χ4n) is 8.94. The molecule has 1 fully saturated rings. The molecule has 13 nitrogen and oxygen atoms in total. The number of carbonyl (C=O) groups is 3. The number of fused-ring (bicyclic) bond motifs is 9. The van der Waals surface area contributed by atoms with Crippen molar-refractivity contribution in [2.45, 2.75) is 89.6 Å². The highest BCUT2D eigenvalue weighted by Crippen LogP contribution is 2.58. The molecule has 278 valence electrons. The molecule has 13 heteroatoms. The third kappa shape index (κ3) is 6.19. The number of esters is 1. The topological polar surface area (TPSA) is 163 Å². The third-order valence-corrected chi connectivity index (χ3v) is 11.2. The number of phenols is 1. The Labute approximate surface area is 308 Å². The minimum Gasteiger partial charge on any atom is -0.504 e. The highest BCUT2D eigenvalue weighted by molar-refractivity contribution is 5.87. The molecule has 4 heterocycles. The number of rotatable bonds is 9. The van der Waals surface area contributed by atoms with Gasteiger partial charge in [0.25, 0.3) is 0 Å². The summed E-state index contributed by atoms with van der Waals surface area (Å²) < 4.78 is 23.6. The Kier molecular flexibility index (Phi) is 9.69. The van der Waals surface area contributed by atoms with Gasteiger partial charge in [-0.2, -0.15) is 5.26 Å². The second kappa shape index (κ2) is 14.2. The number of methoxy groups -OCH3 is 1. The Balaban J connectivity index is 1.28. The molecular weight excluding hydrogens is 678 g/mol. The minimum atomic E-state index is -0.838. The fourth-order valence-corrected chi connectivity index (χ4v) is 8.94. The van der Waals surface area contributed by atoms with Crippen molar-refractivity contribution >= 4 is 17.8 Å². The van der Waals surface area contributed by atoms with E-state index in [1.54, 1.807) is 6.92 Å². The third-order valence-electron chi connectivity index (χ3n) is 11.2. The normalized spacial score (nSPS) is 23.1. The number of likely N-dealkylation sites (N-methyl/N-ethyl adjacent to an activating group) is 1. The van der Waals surface area contributed by atoms with Crippen molar-refractivity contribution in [3.8, 4) is 34.8 Å². The number of phenolic OH excluding ortho intramolecular Hbond substituents is 1. The van der Waals surface area contributed by atoms with Gasteiger partial charge in [-0.15, -0.1) is 0 Å². The van der Waals surface area contributed by atoms with Crippen LogP contribution in [0, 0.1) is 25.2 Å². The molecule has 0 spiro atoms. The van der Waals surface area contributed by atoms with E-state index < -0.39 is 42.1 Å². The van der Waals surface area contributed by atoms with Crippen LogP contribution < -0.4 is 29.6 Å². The van der Waals surface area contributed by atoms with Gasteiger partial charge in [0, 0.05) is 54.2 Å². The zero-order valence-electron chi connectivity index (χ0n) is 30.8. The number of aromatic hydroxyl groups is 1. The maximum Gasteiger partial charge on any atom is 0.308 e. The number of ether oxygens (including phenoxy) is 4. The molecule has 4 aliphatic heterocycles. The summed E-state index contributed by atoms with van der Waals surface area (Å²) in [4.78, 5) is 43.4. The Morgan fingerprint density at radius 3 is 2.51 bits per heavy atom. The molecule has 2 unspecified atom stereocenters. The van der Waals surface area contributed by atoms with E-state index in [0.717, 1.165) is 22.3 Å². The lowest BCUT2D eigenvalue weighted by Crippen LogP contribution is -2.69. The zero-order chi connectivity index (χ0) is 37.7. The molecule has 0 aromatic heterocycles. The molecule has 0 radical (unpaired) electrons. The maximum absolute atomic E-state index is 13.7. The number of piperazine rings is 1. The van der Waals surface area contributed by atoms with Gasteiger partial charge in [0.2, 0.25) is 18.6 Å². The lowest BCUT2D eigenvalue weighted by molar-refractivity contribution is -0.132. The SMILES string of the molecule is COc1c(C)cc2c(c1O)[C@@H]1C3Cc4c(OC(C)=O)c(C)c5c(c4[C@H](CNC(=O)C(C)NC(=O)CCc4ccccc4)N3[C@@H](C#N)[C@H](C2)N1C)OCO5. The van der Waals surface area contributed by atoms with Gasteiger partial charge < -0.3 is 34.7 Å². The first kappa shape index (κ1) is 36.1. The largest absolute Gasteiger partial charge is 0.504 e. The highest BCUT2D eigenvalue weighted by atomic mass is 16.7. The summed E-state index contributed by atoms with van der Waals surface area (Å²) in [7, 11) is 3.50. The number of nitrogens with one attached hydrogen (secondary N) is 2. The van der Waals surface area contributed by atoms with Crippen LogP contribution in [0.3, 0.4) is 0 Å². The summed E-state index contributed by atoms with van der Waals surface area (Å²) in [5.74, 6) is 0.585. The van der Waals surface area contributed by atoms with Crippen molar-refractivity contribution in [3.63, 3.8) is 0 Å². The first-order chi connectivity index (χ1) is 25.4. The van der Waals surface area contributed by atoms with Gasteiger partial charge in [0.1, 0.15) is 17.8 Å². The van der Waals surface area contributed by atoms with Crippen molar-refractivity contribution in [2.24, 2.45) is 0 Å². The van der Waals surface area contributed by atoms with E-state index in [1.165, 1.54) is 14.0 Å². The van der Waals surface area contributed by atoms with E-state index in [2.05, 4.69) is 26.5 Å². The first-order valence-corrected chi connectivity index (χ1v) is 18.0. The Morgan fingerprint density at radius 2 is 1.81 bits per heavy atom. The Bertz CT molecular complexity index is 2010.